The number of rotatable bonds is 4. The summed E-state index contributed by atoms with van der Waals surface area (Å²) >= 11 is 0. The summed E-state index contributed by atoms with van der Waals surface area (Å²) in [6.07, 6.45) is 0. The lowest BCUT2D eigenvalue weighted by molar-refractivity contribution is 0.669. The maximum atomic E-state index is 6.72. The second kappa shape index (κ2) is 10.7. The third kappa shape index (κ3) is 4.20. The summed E-state index contributed by atoms with van der Waals surface area (Å²) in [6.45, 7) is 0. The zero-order valence-electron chi connectivity index (χ0n) is 27.2. The number of para-hydroxylation sites is 3. The molecule has 0 N–H and O–H groups in total. The van der Waals surface area contributed by atoms with Crippen molar-refractivity contribution in [3.8, 4) is 34.4 Å². The van der Waals surface area contributed by atoms with Gasteiger partial charge in [0, 0.05) is 61.3 Å². The van der Waals surface area contributed by atoms with Gasteiger partial charge in [-0.05, 0) is 36.4 Å². The first-order chi connectivity index (χ1) is 25.3. The SMILES string of the molecule is c1ccc(-c2nc(-c3ccccc3)nc(-n3c4ccccc4c4cc5c(cc43)oc3cc(-n4c6ccccc6c6ccccc64)ccc35)n2)cc1. The molecule has 0 unspecified atom stereocenters. The average molecular weight is 654 g/mol. The fourth-order valence-electron chi connectivity index (χ4n) is 7.68. The molecule has 7 aromatic carbocycles. The normalized spacial score (nSPS) is 11.9. The van der Waals surface area contributed by atoms with Gasteiger partial charge in [0.2, 0.25) is 5.95 Å². The molecule has 0 aliphatic rings. The van der Waals surface area contributed by atoms with E-state index in [1.165, 1.54) is 21.8 Å². The molecule has 0 bridgehead atoms. The van der Waals surface area contributed by atoms with E-state index in [0.717, 1.165) is 60.6 Å². The Kier molecular flexibility index (Phi) is 5.86. The van der Waals surface area contributed by atoms with Gasteiger partial charge < -0.3 is 8.98 Å². The Morgan fingerprint density at radius 1 is 0.353 bits per heavy atom. The summed E-state index contributed by atoms with van der Waals surface area (Å²) in [4.78, 5) is 15.1. The van der Waals surface area contributed by atoms with Crippen molar-refractivity contribution in [3.05, 3.63) is 164 Å². The minimum absolute atomic E-state index is 0.554. The Morgan fingerprint density at radius 2 is 0.863 bits per heavy atom. The summed E-state index contributed by atoms with van der Waals surface area (Å²) in [5, 5.41) is 6.84. The number of fused-ring (bicyclic) bond motifs is 9. The topological polar surface area (TPSA) is 61.7 Å². The van der Waals surface area contributed by atoms with Gasteiger partial charge in [0.15, 0.2) is 11.6 Å². The summed E-state index contributed by atoms with van der Waals surface area (Å²) in [6, 6.07) is 56.7. The highest BCUT2D eigenvalue weighted by molar-refractivity contribution is 6.17. The van der Waals surface area contributed by atoms with E-state index in [0.29, 0.717) is 17.6 Å². The number of benzene rings is 7. The fourth-order valence-corrected chi connectivity index (χ4v) is 7.68. The van der Waals surface area contributed by atoms with Gasteiger partial charge in [-0.1, -0.05) is 115 Å². The molecule has 0 amide bonds. The smallest absolute Gasteiger partial charge is 0.238 e. The van der Waals surface area contributed by atoms with Crippen LogP contribution in [0, 0.1) is 0 Å². The van der Waals surface area contributed by atoms with Gasteiger partial charge in [-0.15, -0.1) is 0 Å². The summed E-state index contributed by atoms with van der Waals surface area (Å²) in [5.74, 6) is 1.79. The number of aromatic nitrogens is 5. The van der Waals surface area contributed by atoms with Crippen LogP contribution in [0.2, 0.25) is 0 Å². The van der Waals surface area contributed by atoms with E-state index in [1.54, 1.807) is 0 Å². The van der Waals surface area contributed by atoms with Gasteiger partial charge >= 0.3 is 0 Å². The zero-order valence-corrected chi connectivity index (χ0v) is 27.2. The fraction of sp³-hybridized carbons (Fsp3) is 0. The lowest BCUT2D eigenvalue weighted by atomic mass is 10.1. The molecule has 6 heteroatoms. The van der Waals surface area contributed by atoms with E-state index in [-0.39, 0.29) is 0 Å². The van der Waals surface area contributed by atoms with Crippen LogP contribution in [0.3, 0.4) is 0 Å². The minimum Gasteiger partial charge on any atom is -0.456 e. The zero-order chi connectivity index (χ0) is 33.5. The first-order valence-electron chi connectivity index (χ1n) is 17.0. The molecule has 0 aliphatic heterocycles. The molecule has 6 nitrogen and oxygen atoms in total. The quantitative estimate of drug-likeness (QED) is 0.190. The highest BCUT2D eigenvalue weighted by Crippen LogP contribution is 2.40. The van der Waals surface area contributed by atoms with Crippen molar-refractivity contribution in [3.63, 3.8) is 0 Å². The molecule has 238 valence electrons. The molecule has 0 saturated heterocycles. The summed E-state index contributed by atoms with van der Waals surface area (Å²) < 4.78 is 11.2. The lowest BCUT2D eigenvalue weighted by Crippen LogP contribution is -2.06. The van der Waals surface area contributed by atoms with Crippen LogP contribution in [0.25, 0.3) is 100.0 Å². The van der Waals surface area contributed by atoms with Crippen LogP contribution >= 0.6 is 0 Å². The van der Waals surface area contributed by atoms with Crippen molar-refractivity contribution in [1.29, 1.82) is 0 Å². The van der Waals surface area contributed by atoms with Crippen LogP contribution in [0.4, 0.5) is 0 Å². The maximum absolute atomic E-state index is 6.72. The molecule has 0 atom stereocenters. The van der Waals surface area contributed by atoms with Crippen LogP contribution in [-0.4, -0.2) is 24.1 Å². The molecule has 11 rings (SSSR count). The Morgan fingerprint density at radius 3 is 1.47 bits per heavy atom. The van der Waals surface area contributed by atoms with Gasteiger partial charge in [0.05, 0.1) is 22.1 Å². The molecule has 51 heavy (non-hydrogen) atoms. The number of hydrogen-bond donors (Lipinski definition) is 0. The monoisotopic (exact) mass is 653 g/mol. The summed E-state index contributed by atoms with van der Waals surface area (Å²) in [7, 11) is 0. The Balaban J connectivity index is 1.15. The van der Waals surface area contributed by atoms with Crippen LogP contribution < -0.4 is 0 Å². The molecule has 0 radical (unpaired) electrons. The molecular formula is C45H27N5O. The van der Waals surface area contributed by atoms with E-state index in [1.807, 2.05) is 60.7 Å². The molecule has 4 aromatic heterocycles. The second-order valence-corrected chi connectivity index (χ2v) is 12.9. The number of hydrogen-bond acceptors (Lipinski definition) is 4. The molecule has 0 saturated carbocycles. The first-order valence-corrected chi connectivity index (χ1v) is 17.0. The molecule has 0 fully saturated rings. The molecule has 4 heterocycles. The highest BCUT2D eigenvalue weighted by Gasteiger charge is 2.20. The third-order valence-electron chi connectivity index (χ3n) is 9.98. The van der Waals surface area contributed by atoms with Gasteiger partial charge in [-0.2, -0.15) is 9.97 Å². The summed E-state index contributed by atoms with van der Waals surface area (Å²) in [5.41, 5.74) is 8.88. The Labute approximate surface area is 291 Å². The molecule has 11 aromatic rings. The standard InChI is InChI=1S/C45H27N5O/c1-3-13-28(14-4-1)43-46-44(29-15-5-2-6-16-29)48-45(47-43)50-39-22-12-9-19-33(39)35-26-36-34-24-23-30(25-41(34)51-42(36)27-40(35)50)49-37-20-10-7-17-31(37)32-18-8-11-21-38(32)49/h1-27H. The minimum atomic E-state index is 0.554. The van der Waals surface area contributed by atoms with Gasteiger partial charge in [-0.25, -0.2) is 4.98 Å². The molecular weight excluding hydrogens is 627 g/mol. The average Bonchev–Trinajstić information content (AvgIpc) is 3.84. The van der Waals surface area contributed by atoms with E-state index >= 15 is 0 Å². The van der Waals surface area contributed by atoms with Crippen LogP contribution in [-0.2, 0) is 0 Å². The van der Waals surface area contributed by atoms with Crippen molar-refractivity contribution >= 4 is 65.6 Å². The van der Waals surface area contributed by atoms with Crippen molar-refractivity contribution in [2.45, 2.75) is 0 Å². The predicted molar refractivity (Wildman–Crippen MR) is 207 cm³/mol. The maximum Gasteiger partial charge on any atom is 0.238 e. The highest BCUT2D eigenvalue weighted by atomic mass is 16.3. The van der Waals surface area contributed by atoms with Gasteiger partial charge in [0.25, 0.3) is 0 Å². The van der Waals surface area contributed by atoms with E-state index < -0.39 is 0 Å². The number of furan rings is 1. The van der Waals surface area contributed by atoms with Crippen LogP contribution in [0.5, 0.6) is 0 Å². The van der Waals surface area contributed by atoms with E-state index in [9.17, 15) is 0 Å². The second-order valence-electron chi connectivity index (χ2n) is 12.9. The van der Waals surface area contributed by atoms with Crippen LogP contribution in [0.15, 0.2) is 168 Å². The van der Waals surface area contributed by atoms with Crippen molar-refractivity contribution in [1.82, 2.24) is 24.1 Å². The Hall–Kier alpha value is -7.05. The van der Waals surface area contributed by atoms with Crippen molar-refractivity contribution in [2.75, 3.05) is 0 Å². The van der Waals surface area contributed by atoms with E-state index in [4.69, 9.17) is 19.4 Å². The molecule has 0 spiro atoms. The number of nitrogens with zero attached hydrogens (tertiary/aromatic N) is 5. The van der Waals surface area contributed by atoms with Crippen molar-refractivity contribution < 1.29 is 4.42 Å². The molecule has 0 aliphatic carbocycles. The Bertz CT molecular complexity index is 3030. The van der Waals surface area contributed by atoms with Crippen LogP contribution in [0.1, 0.15) is 0 Å². The van der Waals surface area contributed by atoms with Gasteiger partial charge in [0.1, 0.15) is 11.2 Å². The van der Waals surface area contributed by atoms with Gasteiger partial charge in [-0.3, -0.25) is 4.57 Å². The first kappa shape index (κ1) is 27.9. The third-order valence-corrected chi connectivity index (χ3v) is 9.98. The predicted octanol–water partition coefficient (Wildman–Crippen LogP) is 11.3. The lowest BCUT2D eigenvalue weighted by Gasteiger charge is -2.10. The van der Waals surface area contributed by atoms with E-state index in [2.05, 4.69) is 112 Å². The van der Waals surface area contributed by atoms with Crippen molar-refractivity contribution in [2.24, 2.45) is 0 Å². The largest absolute Gasteiger partial charge is 0.456 e.